The standard InChI is InChI=1S/C7H12N2O/c1-6(7(8)10)5-9-3-2-4-9/h1-5H2,(H2,8,10). The van der Waals surface area contributed by atoms with E-state index in [1.807, 2.05) is 0 Å². The van der Waals surface area contributed by atoms with E-state index < -0.39 is 0 Å². The molecule has 0 atom stereocenters. The van der Waals surface area contributed by atoms with Crippen LogP contribution < -0.4 is 5.73 Å². The van der Waals surface area contributed by atoms with Gasteiger partial charge in [0, 0.05) is 12.1 Å². The van der Waals surface area contributed by atoms with E-state index in [1.54, 1.807) is 0 Å². The summed E-state index contributed by atoms with van der Waals surface area (Å²) in [5.74, 6) is -0.382. The van der Waals surface area contributed by atoms with E-state index in [9.17, 15) is 4.79 Å². The minimum absolute atomic E-state index is 0.382. The molecular formula is C7H12N2O. The maximum Gasteiger partial charge on any atom is 0.245 e. The Morgan fingerprint density at radius 1 is 1.60 bits per heavy atom. The number of likely N-dealkylation sites (tertiary alicyclic amines) is 1. The molecule has 0 unspecified atom stereocenters. The van der Waals surface area contributed by atoms with Crippen LogP contribution in [0.5, 0.6) is 0 Å². The van der Waals surface area contributed by atoms with Crippen LogP contribution in [0.15, 0.2) is 12.2 Å². The summed E-state index contributed by atoms with van der Waals surface area (Å²) in [7, 11) is 0. The number of hydrogen-bond donors (Lipinski definition) is 1. The van der Waals surface area contributed by atoms with E-state index >= 15 is 0 Å². The predicted molar refractivity (Wildman–Crippen MR) is 39.4 cm³/mol. The van der Waals surface area contributed by atoms with Crippen LogP contribution in [0.3, 0.4) is 0 Å². The highest BCUT2D eigenvalue weighted by Crippen LogP contribution is 2.07. The number of amides is 1. The third kappa shape index (κ3) is 1.57. The molecule has 2 N–H and O–H groups in total. The number of rotatable bonds is 3. The fourth-order valence-electron chi connectivity index (χ4n) is 0.888. The smallest absolute Gasteiger partial charge is 0.245 e. The Hall–Kier alpha value is -0.830. The SMILES string of the molecule is C=C(CN1CCC1)C(N)=O. The van der Waals surface area contributed by atoms with Gasteiger partial charge < -0.3 is 5.73 Å². The molecule has 0 radical (unpaired) electrons. The molecule has 0 aromatic carbocycles. The lowest BCUT2D eigenvalue weighted by molar-refractivity contribution is -0.114. The van der Waals surface area contributed by atoms with E-state index in [1.165, 1.54) is 6.42 Å². The third-order valence-corrected chi connectivity index (χ3v) is 1.71. The van der Waals surface area contributed by atoms with E-state index in [0.29, 0.717) is 12.1 Å². The zero-order valence-electron chi connectivity index (χ0n) is 5.97. The average molecular weight is 140 g/mol. The first kappa shape index (κ1) is 7.28. The summed E-state index contributed by atoms with van der Waals surface area (Å²) in [5.41, 5.74) is 5.51. The molecule has 0 aromatic rings. The maximum absolute atomic E-state index is 10.5. The summed E-state index contributed by atoms with van der Waals surface area (Å²) in [6.45, 7) is 6.36. The van der Waals surface area contributed by atoms with Gasteiger partial charge in [-0.05, 0) is 19.5 Å². The largest absolute Gasteiger partial charge is 0.366 e. The summed E-state index contributed by atoms with van der Waals surface area (Å²) in [6.07, 6.45) is 1.23. The van der Waals surface area contributed by atoms with Crippen molar-refractivity contribution >= 4 is 5.91 Å². The van der Waals surface area contributed by atoms with Crippen LogP contribution in [0.1, 0.15) is 6.42 Å². The van der Waals surface area contributed by atoms with Gasteiger partial charge >= 0.3 is 0 Å². The van der Waals surface area contributed by atoms with Crippen molar-refractivity contribution in [3.63, 3.8) is 0 Å². The molecule has 0 spiro atoms. The molecule has 0 aliphatic carbocycles. The van der Waals surface area contributed by atoms with Crippen molar-refractivity contribution < 1.29 is 4.79 Å². The van der Waals surface area contributed by atoms with E-state index in [2.05, 4.69) is 11.5 Å². The predicted octanol–water partition coefficient (Wildman–Crippen LogP) is -0.266. The molecule has 3 nitrogen and oxygen atoms in total. The number of primary amides is 1. The van der Waals surface area contributed by atoms with Crippen molar-refractivity contribution in [3.8, 4) is 0 Å². The molecule has 0 saturated carbocycles. The van der Waals surface area contributed by atoms with Crippen LogP contribution in [-0.2, 0) is 4.79 Å². The molecule has 1 aliphatic rings. The Morgan fingerprint density at radius 3 is 2.50 bits per heavy atom. The first-order chi connectivity index (χ1) is 4.70. The van der Waals surface area contributed by atoms with Gasteiger partial charge in [-0.1, -0.05) is 6.58 Å². The second kappa shape index (κ2) is 2.84. The molecule has 1 fully saturated rings. The lowest BCUT2D eigenvalue weighted by Crippen LogP contribution is -2.40. The molecule has 1 aliphatic heterocycles. The molecule has 1 heterocycles. The van der Waals surface area contributed by atoms with Gasteiger partial charge in [-0.25, -0.2) is 0 Å². The zero-order chi connectivity index (χ0) is 7.56. The van der Waals surface area contributed by atoms with Crippen LogP contribution in [0.2, 0.25) is 0 Å². The molecule has 0 bridgehead atoms. The summed E-state index contributed by atoms with van der Waals surface area (Å²) < 4.78 is 0. The Kier molecular flexibility index (Phi) is 2.06. The highest BCUT2D eigenvalue weighted by molar-refractivity contribution is 5.91. The molecule has 1 saturated heterocycles. The Bertz CT molecular complexity index is 161. The minimum atomic E-state index is -0.382. The number of nitrogens with zero attached hydrogens (tertiary/aromatic N) is 1. The highest BCUT2D eigenvalue weighted by atomic mass is 16.1. The average Bonchev–Trinajstić information content (AvgIpc) is 1.77. The quantitative estimate of drug-likeness (QED) is 0.549. The Labute approximate surface area is 60.5 Å². The van der Waals surface area contributed by atoms with Gasteiger partial charge in [0.1, 0.15) is 0 Å². The monoisotopic (exact) mass is 140 g/mol. The van der Waals surface area contributed by atoms with Gasteiger partial charge in [0.25, 0.3) is 0 Å². The molecule has 10 heavy (non-hydrogen) atoms. The zero-order valence-corrected chi connectivity index (χ0v) is 5.97. The second-order valence-corrected chi connectivity index (χ2v) is 2.60. The van der Waals surface area contributed by atoms with Gasteiger partial charge in [0.05, 0.1) is 0 Å². The normalized spacial score (nSPS) is 18.0. The van der Waals surface area contributed by atoms with Crippen molar-refractivity contribution in [1.29, 1.82) is 0 Å². The third-order valence-electron chi connectivity index (χ3n) is 1.71. The summed E-state index contributed by atoms with van der Waals surface area (Å²) in [6, 6.07) is 0. The Morgan fingerprint density at radius 2 is 2.20 bits per heavy atom. The molecule has 1 rings (SSSR count). The maximum atomic E-state index is 10.5. The summed E-state index contributed by atoms with van der Waals surface area (Å²) in [5, 5.41) is 0. The van der Waals surface area contributed by atoms with Crippen molar-refractivity contribution in [2.45, 2.75) is 6.42 Å². The summed E-state index contributed by atoms with van der Waals surface area (Å²) in [4.78, 5) is 12.6. The van der Waals surface area contributed by atoms with E-state index in [0.717, 1.165) is 13.1 Å². The van der Waals surface area contributed by atoms with Gasteiger partial charge in [-0.15, -0.1) is 0 Å². The molecule has 0 aromatic heterocycles. The van der Waals surface area contributed by atoms with Crippen molar-refractivity contribution in [2.24, 2.45) is 5.73 Å². The molecule has 56 valence electrons. The number of carbonyl (C=O) groups is 1. The van der Waals surface area contributed by atoms with Crippen LogP contribution in [0.4, 0.5) is 0 Å². The van der Waals surface area contributed by atoms with E-state index in [-0.39, 0.29) is 5.91 Å². The van der Waals surface area contributed by atoms with E-state index in [4.69, 9.17) is 5.73 Å². The minimum Gasteiger partial charge on any atom is -0.366 e. The van der Waals surface area contributed by atoms with Crippen LogP contribution in [-0.4, -0.2) is 30.4 Å². The lowest BCUT2D eigenvalue weighted by atomic mass is 10.2. The van der Waals surface area contributed by atoms with Crippen LogP contribution >= 0.6 is 0 Å². The van der Waals surface area contributed by atoms with Crippen molar-refractivity contribution in [3.05, 3.63) is 12.2 Å². The topological polar surface area (TPSA) is 46.3 Å². The number of hydrogen-bond acceptors (Lipinski definition) is 2. The number of carbonyl (C=O) groups excluding carboxylic acids is 1. The second-order valence-electron chi connectivity index (χ2n) is 2.60. The highest BCUT2D eigenvalue weighted by Gasteiger charge is 2.15. The van der Waals surface area contributed by atoms with Crippen LogP contribution in [0, 0.1) is 0 Å². The lowest BCUT2D eigenvalue weighted by Gasteiger charge is -2.30. The van der Waals surface area contributed by atoms with Gasteiger partial charge in [-0.3, -0.25) is 9.69 Å². The van der Waals surface area contributed by atoms with Crippen molar-refractivity contribution in [1.82, 2.24) is 4.90 Å². The first-order valence-corrected chi connectivity index (χ1v) is 3.40. The molecule has 3 heteroatoms. The Balaban J connectivity index is 2.23. The van der Waals surface area contributed by atoms with Gasteiger partial charge in [-0.2, -0.15) is 0 Å². The number of nitrogens with two attached hydrogens (primary N) is 1. The van der Waals surface area contributed by atoms with Crippen molar-refractivity contribution in [2.75, 3.05) is 19.6 Å². The molecule has 1 amide bonds. The van der Waals surface area contributed by atoms with Gasteiger partial charge in [0.15, 0.2) is 0 Å². The fraction of sp³-hybridized carbons (Fsp3) is 0.571. The summed E-state index contributed by atoms with van der Waals surface area (Å²) >= 11 is 0. The van der Waals surface area contributed by atoms with Crippen LogP contribution in [0.25, 0.3) is 0 Å². The first-order valence-electron chi connectivity index (χ1n) is 3.40. The fourth-order valence-corrected chi connectivity index (χ4v) is 0.888. The van der Waals surface area contributed by atoms with Gasteiger partial charge in [0.2, 0.25) is 5.91 Å². The molecular weight excluding hydrogens is 128 g/mol.